The molecule has 104 valence electrons. The van der Waals surface area contributed by atoms with Crippen molar-refractivity contribution in [3.63, 3.8) is 0 Å². The van der Waals surface area contributed by atoms with E-state index >= 15 is 0 Å². The van der Waals surface area contributed by atoms with Crippen molar-refractivity contribution < 1.29 is 4.74 Å². The van der Waals surface area contributed by atoms with Crippen molar-refractivity contribution in [3.05, 3.63) is 29.8 Å². The van der Waals surface area contributed by atoms with Crippen LogP contribution in [0.2, 0.25) is 0 Å². The second-order valence-electron chi connectivity index (χ2n) is 5.09. The summed E-state index contributed by atoms with van der Waals surface area (Å²) in [6.07, 6.45) is 8.12. The average Bonchev–Trinajstić information content (AvgIpc) is 2.52. The molecule has 0 bridgehead atoms. The Morgan fingerprint density at radius 1 is 1.35 bits per heavy atom. The molecule has 1 aliphatic heterocycles. The molecule has 1 fully saturated rings. The van der Waals surface area contributed by atoms with E-state index in [0.29, 0.717) is 18.9 Å². The second-order valence-corrected chi connectivity index (χ2v) is 5.09. The molecule has 0 aromatic heterocycles. The van der Waals surface area contributed by atoms with Crippen LogP contribution in [0.15, 0.2) is 24.3 Å². The fourth-order valence-electron chi connectivity index (χ4n) is 2.68. The lowest BCUT2D eigenvalue weighted by Crippen LogP contribution is -2.33. The van der Waals surface area contributed by atoms with Crippen molar-refractivity contribution >= 4 is 0 Å². The Bertz CT molecular complexity index is 504. The Morgan fingerprint density at radius 3 is 2.85 bits per heavy atom. The molecule has 1 saturated heterocycles. The molecule has 0 unspecified atom stereocenters. The van der Waals surface area contributed by atoms with Gasteiger partial charge in [0.05, 0.1) is 6.07 Å². The third-order valence-electron chi connectivity index (χ3n) is 3.78. The average molecular weight is 268 g/mol. The summed E-state index contributed by atoms with van der Waals surface area (Å²) in [4.78, 5) is 2.37. The summed E-state index contributed by atoms with van der Waals surface area (Å²) >= 11 is 0. The summed E-state index contributed by atoms with van der Waals surface area (Å²) < 4.78 is 5.48. The number of piperidine rings is 1. The number of terminal acetylenes is 1. The second kappa shape index (κ2) is 7.58. The van der Waals surface area contributed by atoms with Crippen molar-refractivity contribution in [2.75, 3.05) is 26.2 Å². The number of ether oxygens (including phenoxy) is 1. The van der Waals surface area contributed by atoms with Crippen LogP contribution >= 0.6 is 0 Å². The van der Waals surface area contributed by atoms with Gasteiger partial charge in [-0.1, -0.05) is 18.1 Å². The third-order valence-corrected chi connectivity index (χ3v) is 3.78. The molecular weight excluding hydrogens is 248 g/mol. The minimum Gasteiger partial charge on any atom is -0.481 e. The topological polar surface area (TPSA) is 36.3 Å². The van der Waals surface area contributed by atoms with E-state index in [4.69, 9.17) is 16.4 Å². The summed E-state index contributed by atoms with van der Waals surface area (Å²) in [5, 5.41) is 8.62. The molecule has 2 rings (SSSR count). The maximum Gasteiger partial charge on any atom is 0.148 e. The molecule has 3 heteroatoms. The number of hydrogen-bond donors (Lipinski definition) is 0. The lowest BCUT2D eigenvalue weighted by atomic mass is 9.89. The SMILES string of the molecule is C#CCOc1cccc(C2CCN(CCC#N)CC2)c1. The molecule has 1 aliphatic rings. The van der Waals surface area contributed by atoms with Crippen LogP contribution in [0.5, 0.6) is 5.75 Å². The number of hydrogen-bond acceptors (Lipinski definition) is 3. The fourth-order valence-corrected chi connectivity index (χ4v) is 2.68. The highest BCUT2D eigenvalue weighted by Crippen LogP contribution is 2.30. The third kappa shape index (κ3) is 4.02. The molecule has 0 N–H and O–H groups in total. The van der Waals surface area contributed by atoms with Gasteiger partial charge in [0.2, 0.25) is 0 Å². The molecule has 20 heavy (non-hydrogen) atoms. The van der Waals surface area contributed by atoms with Crippen LogP contribution in [-0.4, -0.2) is 31.1 Å². The molecule has 3 nitrogen and oxygen atoms in total. The van der Waals surface area contributed by atoms with Gasteiger partial charge in [-0.3, -0.25) is 0 Å². The van der Waals surface area contributed by atoms with Crippen molar-refractivity contribution in [1.82, 2.24) is 4.90 Å². The van der Waals surface area contributed by atoms with Gasteiger partial charge in [-0.05, 0) is 49.5 Å². The van der Waals surface area contributed by atoms with Gasteiger partial charge in [-0.25, -0.2) is 0 Å². The first-order chi connectivity index (χ1) is 9.83. The number of benzene rings is 1. The van der Waals surface area contributed by atoms with E-state index in [1.54, 1.807) is 0 Å². The minimum atomic E-state index is 0.316. The Hall–Kier alpha value is -1.97. The van der Waals surface area contributed by atoms with Crippen LogP contribution in [0.4, 0.5) is 0 Å². The quantitative estimate of drug-likeness (QED) is 0.770. The van der Waals surface area contributed by atoms with Gasteiger partial charge >= 0.3 is 0 Å². The van der Waals surface area contributed by atoms with Gasteiger partial charge in [-0.2, -0.15) is 5.26 Å². The lowest BCUT2D eigenvalue weighted by Gasteiger charge is -2.31. The smallest absolute Gasteiger partial charge is 0.148 e. The summed E-state index contributed by atoms with van der Waals surface area (Å²) in [6.45, 7) is 3.36. The maximum atomic E-state index is 8.62. The first-order valence-corrected chi connectivity index (χ1v) is 7.09. The first kappa shape index (κ1) is 14.4. The van der Waals surface area contributed by atoms with Crippen molar-refractivity contribution in [2.45, 2.75) is 25.2 Å². The largest absolute Gasteiger partial charge is 0.481 e. The lowest BCUT2D eigenvalue weighted by molar-refractivity contribution is 0.216. The van der Waals surface area contributed by atoms with E-state index in [1.807, 2.05) is 12.1 Å². The molecule has 0 spiro atoms. The van der Waals surface area contributed by atoms with Gasteiger partial charge in [0.25, 0.3) is 0 Å². The van der Waals surface area contributed by atoms with Crippen LogP contribution in [0.3, 0.4) is 0 Å². The summed E-state index contributed by atoms with van der Waals surface area (Å²) in [6, 6.07) is 10.5. The van der Waals surface area contributed by atoms with E-state index in [0.717, 1.165) is 38.2 Å². The summed E-state index contributed by atoms with van der Waals surface area (Å²) in [5.74, 6) is 3.93. The molecule has 0 aliphatic carbocycles. The van der Waals surface area contributed by atoms with Crippen LogP contribution in [0.25, 0.3) is 0 Å². The Morgan fingerprint density at radius 2 is 2.15 bits per heavy atom. The molecule has 0 saturated carbocycles. The predicted molar refractivity (Wildman–Crippen MR) is 79.4 cm³/mol. The zero-order valence-corrected chi connectivity index (χ0v) is 11.7. The molecule has 0 radical (unpaired) electrons. The highest BCUT2D eigenvalue weighted by Gasteiger charge is 2.20. The van der Waals surface area contributed by atoms with Crippen molar-refractivity contribution in [3.8, 4) is 24.2 Å². The van der Waals surface area contributed by atoms with Gasteiger partial charge in [0.15, 0.2) is 0 Å². The molecule has 0 atom stereocenters. The fraction of sp³-hybridized carbons (Fsp3) is 0.471. The standard InChI is InChI=1S/C17H20N2O/c1-2-13-20-17-6-3-5-16(14-17)15-7-11-19(12-8-15)10-4-9-18/h1,3,5-6,14-15H,4,7-8,10-13H2. The van der Waals surface area contributed by atoms with Gasteiger partial charge in [0, 0.05) is 13.0 Å². The Kier molecular flexibility index (Phi) is 5.47. The number of nitriles is 1. The summed E-state index contributed by atoms with van der Waals surface area (Å²) in [7, 11) is 0. The first-order valence-electron chi connectivity index (χ1n) is 7.09. The monoisotopic (exact) mass is 268 g/mol. The minimum absolute atomic E-state index is 0.316. The van der Waals surface area contributed by atoms with Crippen LogP contribution in [-0.2, 0) is 0 Å². The van der Waals surface area contributed by atoms with E-state index < -0.39 is 0 Å². The van der Waals surface area contributed by atoms with Gasteiger partial charge in [-0.15, -0.1) is 6.42 Å². The molecular formula is C17H20N2O. The normalized spacial score (nSPS) is 16.3. The van der Waals surface area contributed by atoms with Gasteiger partial charge < -0.3 is 9.64 Å². The predicted octanol–water partition coefficient (Wildman–Crippen LogP) is 2.79. The van der Waals surface area contributed by atoms with E-state index in [2.05, 4.69) is 29.0 Å². The highest BCUT2D eigenvalue weighted by molar-refractivity contribution is 5.31. The van der Waals surface area contributed by atoms with Crippen LogP contribution < -0.4 is 4.74 Å². The van der Waals surface area contributed by atoms with Gasteiger partial charge in [0.1, 0.15) is 12.4 Å². The number of likely N-dealkylation sites (tertiary alicyclic amines) is 1. The highest BCUT2D eigenvalue weighted by atomic mass is 16.5. The van der Waals surface area contributed by atoms with E-state index in [9.17, 15) is 0 Å². The molecule has 0 amide bonds. The van der Waals surface area contributed by atoms with Crippen LogP contribution in [0, 0.1) is 23.7 Å². The number of nitrogens with zero attached hydrogens (tertiary/aromatic N) is 2. The Balaban J connectivity index is 1.90. The molecule has 1 heterocycles. The summed E-state index contributed by atoms with van der Waals surface area (Å²) in [5.41, 5.74) is 1.33. The zero-order valence-electron chi connectivity index (χ0n) is 11.7. The van der Waals surface area contributed by atoms with Crippen molar-refractivity contribution in [2.24, 2.45) is 0 Å². The van der Waals surface area contributed by atoms with Crippen LogP contribution in [0.1, 0.15) is 30.7 Å². The van der Waals surface area contributed by atoms with Crippen molar-refractivity contribution in [1.29, 1.82) is 5.26 Å². The Labute approximate surface area is 121 Å². The van der Waals surface area contributed by atoms with E-state index in [-0.39, 0.29) is 0 Å². The maximum absolute atomic E-state index is 8.62. The zero-order chi connectivity index (χ0) is 14.2. The number of rotatable bonds is 5. The van der Waals surface area contributed by atoms with E-state index in [1.165, 1.54) is 5.56 Å². The molecule has 1 aromatic carbocycles. The molecule has 1 aromatic rings.